The van der Waals surface area contributed by atoms with Crippen molar-refractivity contribution in [3.63, 3.8) is 0 Å². The average molecular weight is 156 g/mol. The summed E-state index contributed by atoms with van der Waals surface area (Å²) in [6, 6.07) is 0. The first kappa shape index (κ1) is 8.53. The second kappa shape index (κ2) is 4.34. The first-order valence-electron chi connectivity index (χ1n) is 4.33. The minimum absolute atomic E-state index is 0.239. The van der Waals surface area contributed by atoms with Crippen molar-refractivity contribution in [1.29, 1.82) is 0 Å². The van der Waals surface area contributed by atoms with Crippen LogP contribution >= 0.6 is 0 Å². The second-order valence-electron chi connectivity index (χ2n) is 2.92. The zero-order valence-corrected chi connectivity index (χ0v) is 7.02. The van der Waals surface area contributed by atoms with Gasteiger partial charge in [-0.1, -0.05) is 6.92 Å². The fourth-order valence-corrected chi connectivity index (χ4v) is 0.941. The van der Waals surface area contributed by atoms with Gasteiger partial charge in [0.25, 0.3) is 0 Å². The van der Waals surface area contributed by atoms with Crippen LogP contribution in [0.1, 0.15) is 19.8 Å². The van der Waals surface area contributed by atoms with Gasteiger partial charge >= 0.3 is 0 Å². The molecule has 1 aliphatic rings. The number of hydrogen-bond acceptors (Lipinski definition) is 2. The molecule has 0 bridgehead atoms. The molecule has 1 rings (SSSR count). The van der Waals surface area contributed by atoms with Crippen LogP contribution in [0.4, 0.5) is 0 Å². The van der Waals surface area contributed by atoms with Crippen LogP contribution in [0.3, 0.4) is 0 Å². The summed E-state index contributed by atoms with van der Waals surface area (Å²) in [5.74, 6) is 0.583. The maximum absolute atomic E-state index is 11.0. The molecule has 0 aromatic rings. The van der Waals surface area contributed by atoms with E-state index in [9.17, 15) is 4.79 Å². The molecular formula is C8H16N2O. The smallest absolute Gasteiger partial charge is 0.223 e. The molecule has 0 saturated heterocycles. The largest absolute Gasteiger partial charge is 0.355 e. The van der Waals surface area contributed by atoms with Gasteiger partial charge in [0, 0.05) is 19.0 Å². The van der Waals surface area contributed by atoms with E-state index in [0.717, 1.165) is 32.5 Å². The lowest BCUT2D eigenvalue weighted by Crippen LogP contribution is -2.32. The number of carbonyl (C=O) groups excluding carboxylic acids is 1. The maximum atomic E-state index is 11.0. The molecule has 0 aromatic carbocycles. The molecule has 3 nitrogen and oxygen atoms in total. The lowest BCUT2D eigenvalue weighted by Gasteiger charge is -2.03. The number of carbonyl (C=O) groups is 1. The van der Waals surface area contributed by atoms with Crippen LogP contribution in [0.2, 0.25) is 0 Å². The fraction of sp³-hybridized carbons (Fsp3) is 0.875. The number of nitrogens with one attached hydrogen (secondary N) is 2. The van der Waals surface area contributed by atoms with E-state index in [2.05, 4.69) is 17.6 Å². The fourth-order valence-electron chi connectivity index (χ4n) is 0.941. The van der Waals surface area contributed by atoms with Gasteiger partial charge in [0.2, 0.25) is 5.91 Å². The van der Waals surface area contributed by atoms with E-state index >= 15 is 0 Å². The van der Waals surface area contributed by atoms with Crippen LogP contribution in [-0.4, -0.2) is 25.5 Å². The molecule has 0 atom stereocenters. The molecule has 0 heterocycles. The molecule has 2 N–H and O–H groups in total. The van der Waals surface area contributed by atoms with Gasteiger partial charge in [0.05, 0.1) is 0 Å². The van der Waals surface area contributed by atoms with Gasteiger partial charge < -0.3 is 10.6 Å². The monoisotopic (exact) mass is 156 g/mol. The molecular weight excluding hydrogens is 140 g/mol. The van der Waals surface area contributed by atoms with E-state index in [1.54, 1.807) is 0 Å². The molecule has 0 aromatic heterocycles. The van der Waals surface area contributed by atoms with E-state index in [4.69, 9.17) is 0 Å². The lowest BCUT2D eigenvalue weighted by atomic mass is 10.4. The SMILES string of the molecule is CCNCCNC(=O)C1CC1. The van der Waals surface area contributed by atoms with E-state index in [1.807, 2.05) is 0 Å². The van der Waals surface area contributed by atoms with Gasteiger partial charge in [0.1, 0.15) is 0 Å². The van der Waals surface area contributed by atoms with Crippen LogP contribution in [0, 0.1) is 5.92 Å². The van der Waals surface area contributed by atoms with Crippen LogP contribution in [0.5, 0.6) is 0 Å². The molecule has 1 amide bonds. The highest BCUT2D eigenvalue weighted by Crippen LogP contribution is 2.28. The Balaban J connectivity index is 1.89. The Kier molecular flexibility index (Phi) is 3.36. The average Bonchev–Trinajstić information content (AvgIpc) is 2.79. The van der Waals surface area contributed by atoms with Crippen molar-refractivity contribution < 1.29 is 4.79 Å². The third kappa shape index (κ3) is 3.37. The molecule has 1 saturated carbocycles. The highest BCUT2D eigenvalue weighted by atomic mass is 16.2. The minimum Gasteiger partial charge on any atom is -0.355 e. The summed E-state index contributed by atoms with van der Waals surface area (Å²) in [5.41, 5.74) is 0. The van der Waals surface area contributed by atoms with Crippen molar-refractivity contribution in [1.82, 2.24) is 10.6 Å². The Bertz CT molecular complexity index is 132. The predicted molar refractivity (Wildman–Crippen MR) is 44.3 cm³/mol. The van der Waals surface area contributed by atoms with Gasteiger partial charge in [0.15, 0.2) is 0 Å². The van der Waals surface area contributed by atoms with E-state index in [0.29, 0.717) is 5.92 Å². The summed E-state index contributed by atoms with van der Waals surface area (Å²) in [6.07, 6.45) is 2.18. The molecule has 0 aliphatic heterocycles. The highest BCUT2D eigenvalue weighted by Gasteiger charge is 2.28. The summed E-state index contributed by atoms with van der Waals surface area (Å²) in [4.78, 5) is 11.0. The molecule has 0 spiro atoms. The topological polar surface area (TPSA) is 41.1 Å². The van der Waals surface area contributed by atoms with Crippen molar-refractivity contribution >= 4 is 5.91 Å². The van der Waals surface area contributed by atoms with E-state index in [-0.39, 0.29) is 5.91 Å². The quantitative estimate of drug-likeness (QED) is 0.555. The minimum atomic E-state index is 0.239. The normalized spacial score (nSPS) is 16.5. The van der Waals surface area contributed by atoms with E-state index < -0.39 is 0 Å². The maximum Gasteiger partial charge on any atom is 0.223 e. The Labute approximate surface area is 67.5 Å². The standard InChI is InChI=1S/C8H16N2O/c1-2-9-5-6-10-8(11)7-3-4-7/h7,9H,2-6H2,1H3,(H,10,11). The molecule has 64 valence electrons. The van der Waals surface area contributed by atoms with Crippen molar-refractivity contribution in [2.45, 2.75) is 19.8 Å². The van der Waals surface area contributed by atoms with Gasteiger partial charge in [-0.05, 0) is 19.4 Å². The zero-order chi connectivity index (χ0) is 8.10. The zero-order valence-electron chi connectivity index (χ0n) is 7.02. The lowest BCUT2D eigenvalue weighted by molar-refractivity contribution is -0.122. The number of likely N-dealkylation sites (N-methyl/N-ethyl adjacent to an activating group) is 1. The molecule has 0 radical (unpaired) electrons. The molecule has 0 unspecified atom stereocenters. The van der Waals surface area contributed by atoms with E-state index in [1.165, 1.54) is 0 Å². The number of amides is 1. The first-order chi connectivity index (χ1) is 5.34. The van der Waals surface area contributed by atoms with Gasteiger partial charge in [-0.2, -0.15) is 0 Å². The Morgan fingerprint density at radius 3 is 2.73 bits per heavy atom. The summed E-state index contributed by atoms with van der Waals surface area (Å²) in [7, 11) is 0. The van der Waals surface area contributed by atoms with Crippen LogP contribution < -0.4 is 10.6 Å². The van der Waals surface area contributed by atoms with Crippen molar-refractivity contribution in [3.05, 3.63) is 0 Å². The van der Waals surface area contributed by atoms with Crippen molar-refractivity contribution in [3.8, 4) is 0 Å². The second-order valence-corrected chi connectivity index (χ2v) is 2.92. The van der Waals surface area contributed by atoms with Crippen LogP contribution in [0.25, 0.3) is 0 Å². The van der Waals surface area contributed by atoms with Crippen LogP contribution in [0.15, 0.2) is 0 Å². The highest BCUT2D eigenvalue weighted by molar-refractivity contribution is 5.80. The molecule has 1 fully saturated rings. The summed E-state index contributed by atoms with van der Waals surface area (Å²) in [5, 5.41) is 6.03. The van der Waals surface area contributed by atoms with Crippen molar-refractivity contribution in [2.24, 2.45) is 5.92 Å². The van der Waals surface area contributed by atoms with Gasteiger partial charge in [-0.15, -0.1) is 0 Å². The third-order valence-corrected chi connectivity index (χ3v) is 1.80. The van der Waals surface area contributed by atoms with Gasteiger partial charge in [-0.3, -0.25) is 4.79 Å². The Morgan fingerprint density at radius 1 is 1.45 bits per heavy atom. The number of rotatable bonds is 5. The first-order valence-corrected chi connectivity index (χ1v) is 4.33. The molecule has 1 aliphatic carbocycles. The van der Waals surface area contributed by atoms with Crippen LogP contribution in [-0.2, 0) is 4.79 Å². The molecule has 11 heavy (non-hydrogen) atoms. The predicted octanol–water partition coefficient (Wildman–Crippen LogP) is 0.122. The third-order valence-electron chi connectivity index (χ3n) is 1.80. The summed E-state index contributed by atoms with van der Waals surface area (Å²) >= 11 is 0. The Morgan fingerprint density at radius 2 is 2.18 bits per heavy atom. The Hall–Kier alpha value is -0.570. The summed E-state index contributed by atoms with van der Waals surface area (Å²) < 4.78 is 0. The summed E-state index contributed by atoms with van der Waals surface area (Å²) in [6.45, 7) is 4.68. The van der Waals surface area contributed by atoms with Gasteiger partial charge in [-0.25, -0.2) is 0 Å². The molecule has 3 heteroatoms. The van der Waals surface area contributed by atoms with Crippen molar-refractivity contribution in [2.75, 3.05) is 19.6 Å². The number of hydrogen-bond donors (Lipinski definition) is 2.